The molecule has 2 heterocycles. The van der Waals surface area contributed by atoms with Crippen molar-refractivity contribution in [3.63, 3.8) is 0 Å². The Hall–Kier alpha value is -1.82. The highest BCUT2D eigenvalue weighted by atomic mass is 127. The number of nitrogens with zero attached hydrogens (tertiary/aromatic N) is 1. The van der Waals surface area contributed by atoms with Gasteiger partial charge in [-0.2, -0.15) is 0 Å². The van der Waals surface area contributed by atoms with Crippen LogP contribution in [0.5, 0.6) is 5.75 Å². The van der Waals surface area contributed by atoms with Gasteiger partial charge in [0.15, 0.2) is 12.4 Å². The number of hydrogen-bond donors (Lipinski definition) is 1. The van der Waals surface area contributed by atoms with E-state index in [1.807, 2.05) is 13.1 Å². The van der Waals surface area contributed by atoms with E-state index in [1.165, 1.54) is 21.5 Å². The maximum absolute atomic E-state index is 5.35. The minimum absolute atomic E-state index is 0. The van der Waals surface area contributed by atoms with E-state index in [0.29, 0.717) is 0 Å². The van der Waals surface area contributed by atoms with Gasteiger partial charge in [0.2, 0.25) is 0 Å². The van der Waals surface area contributed by atoms with Crippen molar-refractivity contribution in [2.75, 3.05) is 7.11 Å². The van der Waals surface area contributed by atoms with Gasteiger partial charge < -0.3 is 33.7 Å². The van der Waals surface area contributed by atoms with Gasteiger partial charge in [-0.1, -0.05) is 0 Å². The molecule has 0 bridgehead atoms. The van der Waals surface area contributed by atoms with Crippen molar-refractivity contribution >= 4 is 32.6 Å². The van der Waals surface area contributed by atoms with Crippen LogP contribution in [-0.2, 0) is 7.05 Å². The zero-order valence-electron chi connectivity index (χ0n) is 11.9. The third-order valence-electron chi connectivity index (χ3n) is 3.86. The molecule has 0 atom stereocenters. The molecule has 21 heavy (non-hydrogen) atoms. The van der Waals surface area contributed by atoms with Crippen molar-refractivity contribution in [3.05, 3.63) is 48.8 Å². The maximum atomic E-state index is 5.35. The molecule has 0 radical (unpaired) electrons. The second kappa shape index (κ2) is 5.18. The molecule has 2 aromatic carbocycles. The van der Waals surface area contributed by atoms with Crippen LogP contribution in [0.15, 0.2) is 48.8 Å². The molecule has 0 saturated heterocycles. The molecule has 0 fully saturated rings. The average molecular weight is 390 g/mol. The summed E-state index contributed by atoms with van der Waals surface area (Å²) in [4.78, 5) is 3.47. The predicted octanol–water partition coefficient (Wildman–Crippen LogP) is 0.311. The summed E-state index contributed by atoms with van der Waals surface area (Å²) in [7, 11) is 3.75. The number of rotatable bonds is 1. The van der Waals surface area contributed by atoms with Gasteiger partial charge in [-0.3, -0.25) is 0 Å². The van der Waals surface area contributed by atoms with Gasteiger partial charge in [-0.25, -0.2) is 4.57 Å². The van der Waals surface area contributed by atoms with Gasteiger partial charge in [0.25, 0.3) is 0 Å². The molecule has 3 nitrogen and oxygen atoms in total. The summed E-state index contributed by atoms with van der Waals surface area (Å²) in [5.74, 6) is 0.886. The fourth-order valence-corrected chi connectivity index (χ4v) is 2.89. The molecule has 0 unspecified atom stereocenters. The number of aromatic nitrogens is 2. The Bertz CT molecular complexity index is 959. The first-order chi connectivity index (χ1) is 9.76. The number of H-pyrrole nitrogens is 1. The monoisotopic (exact) mass is 390 g/mol. The molecule has 0 saturated carbocycles. The number of aryl methyl sites for hydroxylation is 1. The lowest BCUT2D eigenvalue weighted by Gasteiger charge is -2.01. The molecule has 4 aromatic rings. The molecule has 0 spiro atoms. The van der Waals surface area contributed by atoms with E-state index in [-0.39, 0.29) is 24.0 Å². The summed E-state index contributed by atoms with van der Waals surface area (Å²) in [6.45, 7) is 0. The summed E-state index contributed by atoms with van der Waals surface area (Å²) in [6, 6.07) is 12.6. The van der Waals surface area contributed by atoms with Gasteiger partial charge in [-0.05, 0) is 30.3 Å². The Labute approximate surface area is 139 Å². The molecule has 4 rings (SSSR count). The van der Waals surface area contributed by atoms with E-state index < -0.39 is 0 Å². The normalized spacial score (nSPS) is 11.0. The Kier molecular flexibility index (Phi) is 3.49. The summed E-state index contributed by atoms with van der Waals surface area (Å²) in [5, 5.41) is 4.97. The van der Waals surface area contributed by atoms with Crippen LogP contribution in [0.4, 0.5) is 0 Å². The number of ether oxygens (including phenoxy) is 1. The Morgan fingerprint density at radius 1 is 1.00 bits per heavy atom. The lowest BCUT2D eigenvalue weighted by Crippen LogP contribution is -3.00. The number of pyridine rings is 1. The van der Waals surface area contributed by atoms with E-state index in [9.17, 15) is 0 Å². The van der Waals surface area contributed by atoms with Crippen molar-refractivity contribution in [3.8, 4) is 5.75 Å². The van der Waals surface area contributed by atoms with E-state index in [4.69, 9.17) is 4.74 Å². The quantitative estimate of drug-likeness (QED) is 0.368. The van der Waals surface area contributed by atoms with Gasteiger partial charge in [0.05, 0.1) is 7.11 Å². The van der Waals surface area contributed by atoms with Crippen LogP contribution in [-0.4, -0.2) is 12.1 Å². The first-order valence-corrected chi connectivity index (χ1v) is 6.64. The molecule has 0 aliphatic carbocycles. The zero-order valence-corrected chi connectivity index (χ0v) is 14.0. The summed E-state index contributed by atoms with van der Waals surface area (Å²) >= 11 is 0. The second-order valence-corrected chi connectivity index (χ2v) is 5.14. The van der Waals surface area contributed by atoms with E-state index in [2.05, 4.69) is 52.3 Å². The first-order valence-electron chi connectivity index (χ1n) is 6.64. The second-order valence-electron chi connectivity index (χ2n) is 5.14. The van der Waals surface area contributed by atoms with E-state index >= 15 is 0 Å². The van der Waals surface area contributed by atoms with Crippen molar-refractivity contribution in [2.24, 2.45) is 7.05 Å². The smallest absolute Gasteiger partial charge is 0.176 e. The number of methoxy groups -OCH3 is 1. The molecule has 0 aliphatic heterocycles. The lowest BCUT2D eigenvalue weighted by molar-refractivity contribution is -0.670. The van der Waals surface area contributed by atoms with Crippen molar-refractivity contribution < 1.29 is 33.3 Å². The van der Waals surface area contributed by atoms with Crippen molar-refractivity contribution in [1.29, 1.82) is 0 Å². The molecule has 106 valence electrons. The van der Waals surface area contributed by atoms with Crippen molar-refractivity contribution in [1.82, 2.24) is 4.98 Å². The molecule has 4 heteroatoms. The van der Waals surface area contributed by atoms with Gasteiger partial charge in [0, 0.05) is 38.6 Å². The van der Waals surface area contributed by atoms with Crippen LogP contribution in [0.3, 0.4) is 0 Å². The fraction of sp³-hybridized carbons (Fsp3) is 0.118. The maximum Gasteiger partial charge on any atom is 0.176 e. The number of nitrogens with one attached hydrogen (secondary N) is 1. The highest BCUT2D eigenvalue weighted by Gasteiger charge is 2.10. The fourth-order valence-electron chi connectivity index (χ4n) is 2.89. The molecular formula is C17H15IN2O. The van der Waals surface area contributed by atoms with Gasteiger partial charge in [-0.15, -0.1) is 0 Å². The summed E-state index contributed by atoms with van der Waals surface area (Å²) in [5.41, 5.74) is 2.30. The molecule has 2 aromatic heterocycles. The van der Waals surface area contributed by atoms with Crippen LogP contribution in [0.25, 0.3) is 32.6 Å². The highest BCUT2D eigenvalue weighted by Crippen LogP contribution is 2.33. The number of hydrogen-bond acceptors (Lipinski definition) is 1. The van der Waals surface area contributed by atoms with Crippen LogP contribution in [0, 0.1) is 0 Å². The SMILES string of the molecule is COc1ccc2[nH]c3ccc4c[n+](C)ccc4c3c2c1.[I-]. The lowest BCUT2D eigenvalue weighted by atomic mass is 10.1. The van der Waals surface area contributed by atoms with Crippen LogP contribution < -0.4 is 33.3 Å². The minimum Gasteiger partial charge on any atom is -1.00 e. The third kappa shape index (κ3) is 2.14. The molecule has 1 N–H and O–H groups in total. The molecule has 0 aliphatic rings. The van der Waals surface area contributed by atoms with Crippen LogP contribution in [0.2, 0.25) is 0 Å². The van der Waals surface area contributed by atoms with E-state index in [0.717, 1.165) is 16.8 Å². The van der Waals surface area contributed by atoms with Gasteiger partial charge >= 0.3 is 0 Å². The largest absolute Gasteiger partial charge is 1.00 e. The Morgan fingerprint density at radius 2 is 1.81 bits per heavy atom. The van der Waals surface area contributed by atoms with Crippen LogP contribution in [0.1, 0.15) is 0 Å². The van der Waals surface area contributed by atoms with Crippen molar-refractivity contribution in [2.45, 2.75) is 0 Å². The minimum atomic E-state index is 0. The average Bonchev–Trinajstić information content (AvgIpc) is 2.84. The number of benzene rings is 2. The topological polar surface area (TPSA) is 28.9 Å². The number of halogens is 1. The standard InChI is InChI=1S/C17H14N2O.HI/c1-19-8-7-13-11(10-19)3-5-16-17(13)14-9-12(20-2)4-6-15(14)18-16;/h3-10H,1-2H3;1H. The number of fused-ring (bicyclic) bond motifs is 5. The predicted molar refractivity (Wildman–Crippen MR) is 81.0 cm³/mol. The zero-order chi connectivity index (χ0) is 13.7. The summed E-state index contributed by atoms with van der Waals surface area (Å²) < 4.78 is 7.43. The number of aromatic amines is 1. The van der Waals surface area contributed by atoms with E-state index in [1.54, 1.807) is 7.11 Å². The Balaban J connectivity index is 0.00000132. The Morgan fingerprint density at radius 3 is 2.62 bits per heavy atom. The highest BCUT2D eigenvalue weighted by molar-refractivity contribution is 6.20. The van der Waals surface area contributed by atoms with Crippen LogP contribution >= 0.6 is 0 Å². The first kappa shape index (κ1) is 14.1. The van der Waals surface area contributed by atoms with Gasteiger partial charge in [0.1, 0.15) is 12.8 Å². The third-order valence-corrected chi connectivity index (χ3v) is 3.86. The summed E-state index contributed by atoms with van der Waals surface area (Å²) in [6.07, 6.45) is 4.23. The molecular weight excluding hydrogens is 375 g/mol. The molecule has 0 amide bonds.